The standard InChI is InChI=1S/C20H29NO3/c1-14-6-5-7-15(8-14)13-23-18-9-16-11-21(12-17(16)10-18)19(22)24-20(2,3)4/h5-8,16-18H,9-13H2,1-4H3/t16-,17+,18?. The Morgan fingerprint density at radius 1 is 1.21 bits per heavy atom. The van der Waals surface area contributed by atoms with Crippen LogP contribution in [0.5, 0.6) is 0 Å². The molecule has 1 aromatic carbocycles. The molecule has 0 spiro atoms. The van der Waals surface area contributed by atoms with E-state index >= 15 is 0 Å². The average Bonchev–Trinajstić information content (AvgIpc) is 3.01. The predicted octanol–water partition coefficient (Wildman–Crippen LogP) is 4.16. The van der Waals surface area contributed by atoms with Crippen LogP contribution in [0.1, 0.15) is 44.7 Å². The first-order valence-corrected chi connectivity index (χ1v) is 8.95. The van der Waals surface area contributed by atoms with E-state index in [0.29, 0.717) is 24.5 Å². The Labute approximate surface area is 145 Å². The third kappa shape index (κ3) is 4.29. The van der Waals surface area contributed by atoms with Gasteiger partial charge in [-0.3, -0.25) is 0 Å². The first kappa shape index (κ1) is 17.3. The van der Waals surface area contributed by atoms with Gasteiger partial charge in [0.2, 0.25) is 0 Å². The number of aryl methyl sites for hydroxylation is 1. The van der Waals surface area contributed by atoms with Crippen LogP contribution in [-0.2, 0) is 16.1 Å². The predicted molar refractivity (Wildman–Crippen MR) is 93.8 cm³/mol. The van der Waals surface area contributed by atoms with Crippen molar-refractivity contribution in [2.75, 3.05) is 13.1 Å². The number of benzene rings is 1. The van der Waals surface area contributed by atoms with E-state index in [2.05, 4.69) is 31.2 Å². The molecule has 2 aliphatic rings. The molecule has 1 heterocycles. The summed E-state index contributed by atoms with van der Waals surface area (Å²) < 4.78 is 11.6. The normalized spacial score (nSPS) is 26.5. The zero-order valence-electron chi connectivity index (χ0n) is 15.2. The topological polar surface area (TPSA) is 38.8 Å². The number of likely N-dealkylation sites (tertiary alicyclic amines) is 1. The van der Waals surface area contributed by atoms with Gasteiger partial charge in [-0.2, -0.15) is 0 Å². The molecule has 3 atom stereocenters. The van der Waals surface area contributed by atoms with Gasteiger partial charge in [0.15, 0.2) is 0 Å². The lowest BCUT2D eigenvalue weighted by molar-refractivity contribution is 0.0205. The lowest BCUT2D eigenvalue weighted by Crippen LogP contribution is -2.36. The van der Waals surface area contributed by atoms with Gasteiger partial charge in [-0.15, -0.1) is 0 Å². The third-order valence-electron chi connectivity index (χ3n) is 4.93. The number of hydrogen-bond acceptors (Lipinski definition) is 3. The Hall–Kier alpha value is -1.55. The maximum atomic E-state index is 12.2. The number of rotatable bonds is 3. The smallest absolute Gasteiger partial charge is 0.410 e. The van der Waals surface area contributed by atoms with Gasteiger partial charge < -0.3 is 14.4 Å². The second-order valence-electron chi connectivity index (χ2n) is 8.30. The van der Waals surface area contributed by atoms with Crippen molar-refractivity contribution in [2.45, 2.75) is 58.8 Å². The number of nitrogens with zero attached hydrogens (tertiary/aromatic N) is 1. The molecule has 2 fully saturated rings. The highest BCUT2D eigenvalue weighted by Crippen LogP contribution is 2.40. The second-order valence-corrected chi connectivity index (χ2v) is 8.30. The number of fused-ring (bicyclic) bond motifs is 1. The third-order valence-corrected chi connectivity index (χ3v) is 4.93. The molecule has 1 aliphatic carbocycles. The maximum absolute atomic E-state index is 12.2. The Morgan fingerprint density at radius 2 is 1.88 bits per heavy atom. The Morgan fingerprint density at radius 3 is 2.46 bits per heavy atom. The number of hydrogen-bond donors (Lipinski definition) is 0. The van der Waals surface area contributed by atoms with Crippen LogP contribution >= 0.6 is 0 Å². The first-order valence-electron chi connectivity index (χ1n) is 8.95. The molecule has 3 rings (SSSR count). The molecule has 4 nitrogen and oxygen atoms in total. The van der Waals surface area contributed by atoms with Crippen molar-refractivity contribution in [1.82, 2.24) is 4.90 Å². The summed E-state index contributed by atoms with van der Waals surface area (Å²) >= 11 is 0. The number of ether oxygens (including phenoxy) is 2. The second kappa shape index (κ2) is 6.75. The van der Waals surface area contributed by atoms with Crippen molar-refractivity contribution in [3.8, 4) is 0 Å². The van der Waals surface area contributed by atoms with Gasteiger partial charge >= 0.3 is 6.09 Å². The molecule has 132 valence electrons. The molecule has 24 heavy (non-hydrogen) atoms. The summed E-state index contributed by atoms with van der Waals surface area (Å²) in [7, 11) is 0. The Balaban J connectivity index is 1.46. The minimum Gasteiger partial charge on any atom is -0.444 e. The lowest BCUT2D eigenvalue weighted by Gasteiger charge is -2.25. The summed E-state index contributed by atoms with van der Waals surface area (Å²) in [5, 5.41) is 0. The number of carbonyl (C=O) groups is 1. The molecule has 0 radical (unpaired) electrons. The van der Waals surface area contributed by atoms with Gasteiger partial charge in [0.25, 0.3) is 0 Å². The van der Waals surface area contributed by atoms with Crippen LogP contribution in [0.15, 0.2) is 24.3 Å². The van der Waals surface area contributed by atoms with E-state index in [-0.39, 0.29) is 6.09 Å². The van der Waals surface area contributed by atoms with E-state index in [1.165, 1.54) is 11.1 Å². The van der Waals surface area contributed by atoms with Crippen LogP contribution in [0.4, 0.5) is 4.79 Å². The van der Waals surface area contributed by atoms with Crippen molar-refractivity contribution in [3.05, 3.63) is 35.4 Å². The molecule has 0 aromatic heterocycles. The highest BCUT2D eigenvalue weighted by Gasteiger charge is 2.43. The minimum atomic E-state index is -0.422. The van der Waals surface area contributed by atoms with Crippen molar-refractivity contribution >= 4 is 6.09 Å². The number of carbonyl (C=O) groups excluding carboxylic acids is 1. The Bertz CT molecular complexity index is 579. The largest absolute Gasteiger partial charge is 0.444 e. The summed E-state index contributed by atoms with van der Waals surface area (Å²) in [5.74, 6) is 1.11. The van der Waals surface area contributed by atoms with E-state index in [1.54, 1.807) is 0 Å². The molecular weight excluding hydrogens is 302 g/mol. The summed E-state index contributed by atoms with van der Waals surface area (Å²) in [6.45, 7) is 10.1. The maximum Gasteiger partial charge on any atom is 0.410 e. The highest BCUT2D eigenvalue weighted by atomic mass is 16.6. The van der Waals surface area contributed by atoms with Gasteiger partial charge in [-0.1, -0.05) is 29.8 Å². The van der Waals surface area contributed by atoms with Gasteiger partial charge in [-0.05, 0) is 57.9 Å². The fraction of sp³-hybridized carbons (Fsp3) is 0.650. The van der Waals surface area contributed by atoms with Crippen LogP contribution in [0, 0.1) is 18.8 Å². The van der Waals surface area contributed by atoms with E-state index < -0.39 is 5.60 Å². The SMILES string of the molecule is Cc1cccc(COC2C[C@@H]3CN(C(=O)OC(C)(C)C)C[C@@H]3C2)c1. The van der Waals surface area contributed by atoms with Crippen LogP contribution < -0.4 is 0 Å². The number of amides is 1. The van der Waals surface area contributed by atoms with Gasteiger partial charge in [0.05, 0.1) is 12.7 Å². The van der Waals surface area contributed by atoms with Gasteiger partial charge in [0, 0.05) is 13.1 Å². The van der Waals surface area contributed by atoms with Crippen molar-refractivity contribution in [2.24, 2.45) is 11.8 Å². The summed E-state index contributed by atoms with van der Waals surface area (Å²) in [6, 6.07) is 8.48. The molecule has 4 heteroatoms. The van der Waals surface area contributed by atoms with Crippen LogP contribution in [0.25, 0.3) is 0 Å². The molecule has 1 aliphatic heterocycles. The zero-order chi connectivity index (χ0) is 17.3. The molecule has 0 N–H and O–H groups in total. The molecule has 0 bridgehead atoms. The average molecular weight is 331 g/mol. The molecular formula is C20H29NO3. The summed E-state index contributed by atoms with van der Waals surface area (Å²) in [5.41, 5.74) is 2.09. The fourth-order valence-electron chi connectivity index (χ4n) is 3.87. The summed E-state index contributed by atoms with van der Waals surface area (Å²) in [4.78, 5) is 14.1. The van der Waals surface area contributed by atoms with E-state index in [1.807, 2.05) is 25.7 Å². The van der Waals surface area contributed by atoms with E-state index in [0.717, 1.165) is 25.9 Å². The van der Waals surface area contributed by atoms with Crippen molar-refractivity contribution < 1.29 is 14.3 Å². The van der Waals surface area contributed by atoms with Gasteiger partial charge in [0.1, 0.15) is 5.60 Å². The van der Waals surface area contributed by atoms with E-state index in [9.17, 15) is 4.79 Å². The molecule has 1 saturated carbocycles. The lowest BCUT2D eigenvalue weighted by atomic mass is 10.0. The van der Waals surface area contributed by atoms with Crippen LogP contribution in [0.3, 0.4) is 0 Å². The van der Waals surface area contributed by atoms with Crippen LogP contribution in [0.2, 0.25) is 0 Å². The van der Waals surface area contributed by atoms with Gasteiger partial charge in [-0.25, -0.2) is 4.79 Å². The highest BCUT2D eigenvalue weighted by molar-refractivity contribution is 5.68. The van der Waals surface area contributed by atoms with E-state index in [4.69, 9.17) is 9.47 Å². The quantitative estimate of drug-likeness (QED) is 0.835. The zero-order valence-corrected chi connectivity index (χ0v) is 15.2. The fourth-order valence-corrected chi connectivity index (χ4v) is 3.87. The van der Waals surface area contributed by atoms with Crippen molar-refractivity contribution in [1.29, 1.82) is 0 Å². The minimum absolute atomic E-state index is 0.172. The Kier molecular flexibility index (Phi) is 4.86. The molecule has 1 aromatic rings. The van der Waals surface area contributed by atoms with Crippen LogP contribution in [-0.4, -0.2) is 35.8 Å². The molecule has 1 unspecified atom stereocenters. The first-order chi connectivity index (χ1) is 11.3. The molecule has 1 saturated heterocycles. The molecule has 1 amide bonds. The monoisotopic (exact) mass is 331 g/mol. The van der Waals surface area contributed by atoms with Crippen molar-refractivity contribution in [3.63, 3.8) is 0 Å². The summed E-state index contributed by atoms with van der Waals surface area (Å²) in [6.07, 6.45) is 2.25.